The van der Waals surface area contributed by atoms with Crippen molar-refractivity contribution in [3.63, 3.8) is 0 Å². The summed E-state index contributed by atoms with van der Waals surface area (Å²) in [5.74, 6) is 0.873. The maximum Gasteiger partial charge on any atom is 0.195 e. The van der Waals surface area contributed by atoms with E-state index in [1.165, 1.54) is 0 Å². The lowest BCUT2D eigenvalue weighted by Gasteiger charge is -2.07. The topological polar surface area (TPSA) is 53.8 Å². The molecule has 1 aromatic heterocycles. The van der Waals surface area contributed by atoms with Gasteiger partial charge in [0.15, 0.2) is 10.6 Å². The number of nitrogens with zero attached hydrogens (tertiary/aromatic N) is 2. The smallest absolute Gasteiger partial charge is 0.195 e. The minimum Gasteiger partial charge on any atom is -0.507 e. The van der Waals surface area contributed by atoms with Crippen molar-refractivity contribution in [2.45, 2.75) is 13.5 Å². The Hall–Kier alpha value is -2.14. The number of phenols is 1. The van der Waals surface area contributed by atoms with Gasteiger partial charge in [0.25, 0.3) is 0 Å². The highest BCUT2D eigenvalue weighted by Crippen LogP contribution is 2.32. The second-order valence-electron chi connectivity index (χ2n) is 4.31. The zero-order chi connectivity index (χ0) is 13.4. The van der Waals surface area contributed by atoms with Gasteiger partial charge in [-0.05, 0) is 42.0 Å². The highest BCUT2D eigenvalue weighted by atomic mass is 32.1. The number of fused-ring (bicyclic) bond motifs is 1. The van der Waals surface area contributed by atoms with Crippen LogP contribution in [0.2, 0.25) is 0 Å². The van der Waals surface area contributed by atoms with E-state index in [1.807, 2.05) is 41.8 Å². The van der Waals surface area contributed by atoms with E-state index in [0.717, 1.165) is 10.8 Å². The summed E-state index contributed by atoms with van der Waals surface area (Å²) in [4.78, 5) is 0. The molecule has 0 aliphatic rings. The van der Waals surface area contributed by atoms with E-state index in [4.69, 9.17) is 12.2 Å². The number of aromatic amines is 1. The number of H-pyrrole nitrogens is 1. The van der Waals surface area contributed by atoms with Crippen LogP contribution in [0.15, 0.2) is 36.4 Å². The SMILES string of the molecule is CCn1c(-c2cc3ccccc3cc2O)n[nH]c1=S. The lowest BCUT2D eigenvalue weighted by Crippen LogP contribution is -1.97. The van der Waals surface area contributed by atoms with Crippen LogP contribution in [-0.2, 0) is 6.54 Å². The third kappa shape index (κ3) is 1.92. The largest absolute Gasteiger partial charge is 0.507 e. The summed E-state index contributed by atoms with van der Waals surface area (Å²) in [6.07, 6.45) is 0. The van der Waals surface area contributed by atoms with Gasteiger partial charge in [0.2, 0.25) is 0 Å². The Morgan fingerprint density at radius 2 is 1.95 bits per heavy atom. The molecule has 0 saturated heterocycles. The number of aromatic hydroxyl groups is 1. The van der Waals surface area contributed by atoms with Crippen molar-refractivity contribution in [1.29, 1.82) is 0 Å². The summed E-state index contributed by atoms with van der Waals surface area (Å²) >= 11 is 5.17. The average molecular weight is 271 g/mol. The second kappa shape index (κ2) is 4.51. The van der Waals surface area contributed by atoms with E-state index in [1.54, 1.807) is 6.07 Å². The molecule has 0 bridgehead atoms. The van der Waals surface area contributed by atoms with E-state index in [0.29, 0.717) is 22.7 Å². The molecule has 0 unspecified atom stereocenters. The highest BCUT2D eigenvalue weighted by molar-refractivity contribution is 7.71. The van der Waals surface area contributed by atoms with Crippen LogP contribution in [0.3, 0.4) is 0 Å². The van der Waals surface area contributed by atoms with Gasteiger partial charge in [0.1, 0.15) is 5.75 Å². The van der Waals surface area contributed by atoms with E-state index in [2.05, 4.69) is 10.2 Å². The Labute approximate surface area is 115 Å². The quantitative estimate of drug-likeness (QED) is 0.701. The Morgan fingerprint density at radius 1 is 1.26 bits per heavy atom. The van der Waals surface area contributed by atoms with Crippen LogP contribution in [0.5, 0.6) is 5.75 Å². The standard InChI is InChI=1S/C14H13N3OS/c1-2-17-13(15-16-14(17)19)11-7-9-5-3-4-6-10(9)8-12(11)18/h3-8,18H,2H2,1H3,(H,16,19). The van der Waals surface area contributed by atoms with Crippen molar-refractivity contribution in [3.8, 4) is 17.1 Å². The zero-order valence-electron chi connectivity index (χ0n) is 10.4. The minimum atomic E-state index is 0.211. The van der Waals surface area contributed by atoms with Gasteiger partial charge in [-0.25, -0.2) is 0 Å². The first-order valence-electron chi connectivity index (χ1n) is 6.08. The lowest BCUT2D eigenvalue weighted by atomic mass is 10.1. The molecular formula is C14H13N3OS. The number of hydrogen-bond acceptors (Lipinski definition) is 3. The Balaban J connectivity index is 2.30. The van der Waals surface area contributed by atoms with Crippen molar-refractivity contribution in [3.05, 3.63) is 41.2 Å². The first kappa shape index (κ1) is 11.9. The molecule has 0 atom stereocenters. The molecule has 0 aliphatic carbocycles. The summed E-state index contributed by atoms with van der Waals surface area (Å²) < 4.78 is 2.42. The van der Waals surface area contributed by atoms with Crippen molar-refractivity contribution in [2.75, 3.05) is 0 Å². The number of rotatable bonds is 2. The molecule has 4 nitrogen and oxygen atoms in total. The van der Waals surface area contributed by atoms with Gasteiger partial charge in [0.05, 0.1) is 5.56 Å². The highest BCUT2D eigenvalue weighted by Gasteiger charge is 2.12. The summed E-state index contributed by atoms with van der Waals surface area (Å²) in [5.41, 5.74) is 0.688. The molecule has 3 aromatic rings. The number of nitrogens with one attached hydrogen (secondary N) is 1. The molecule has 0 radical (unpaired) electrons. The molecule has 0 spiro atoms. The number of benzene rings is 2. The monoisotopic (exact) mass is 271 g/mol. The number of hydrogen-bond donors (Lipinski definition) is 2. The Morgan fingerprint density at radius 3 is 2.63 bits per heavy atom. The van der Waals surface area contributed by atoms with E-state index < -0.39 is 0 Å². The fraction of sp³-hybridized carbons (Fsp3) is 0.143. The van der Waals surface area contributed by atoms with Gasteiger partial charge >= 0.3 is 0 Å². The van der Waals surface area contributed by atoms with E-state index >= 15 is 0 Å². The third-order valence-electron chi connectivity index (χ3n) is 3.18. The van der Waals surface area contributed by atoms with Crippen LogP contribution in [0.25, 0.3) is 22.2 Å². The van der Waals surface area contributed by atoms with Gasteiger partial charge in [0, 0.05) is 6.54 Å². The van der Waals surface area contributed by atoms with Crippen molar-refractivity contribution in [1.82, 2.24) is 14.8 Å². The maximum absolute atomic E-state index is 10.2. The molecular weight excluding hydrogens is 258 g/mol. The van der Waals surface area contributed by atoms with Gasteiger partial charge in [-0.15, -0.1) is 0 Å². The van der Waals surface area contributed by atoms with E-state index in [-0.39, 0.29) is 5.75 Å². The number of aromatic nitrogens is 3. The Kier molecular flexibility index (Phi) is 2.83. The summed E-state index contributed by atoms with van der Waals surface area (Å²) in [5, 5.41) is 19.2. The normalized spacial score (nSPS) is 11.0. The molecule has 0 saturated carbocycles. The first-order chi connectivity index (χ1) is 9.20. The van der Waals surface area contributed by atoms with Crippen LogP contribution < -0.4 is 0 Å². The predicted octanol–water partition coefficient (Wildman–Crippen LogP) is 3.49. The van der Waals surface area contributed by atoms with Crippen LogP contribution in [0.1, 0.15) is 6.92 Å². The minimum absolute atomic E-state index is 0.211. The molecule has 0 aliphatic heterocycles. The average Bonchev–Trinajstić information content (AvgIpc) is 2.78. The molecule has 2 N–H and O–H groups in total. The lowest BCUT2D eigenvalue weighted by molar-refractivity contribution is 0.477. The van der Waals surface area contributed by atoms with Crippen molar-refractivity contribution in [2.24, 2.45) is 0 Å². The zero-order valence-corrected chi connectivity index (χ0v) is 11.2. The molecule has 0 amide bonds. The van der Waals surface area contributed by atoms with E-state index in [9.17, 15) is 5.11 Å². The van der Waals surface area contributed by atoms with Gasteiger partial charge < -0.3 is 9.67 Å². The van der Waals surface area contributed by atoms with Crippen molar-refractivity contribution < 1.29 is 5.11 Å². The summed E-state index contributed by atoms with van der Waals surface area (Å²) in [6, 6.07) is 11.6. The molecule has 19 heavy (non-hydrogen) atoms. The fourth-order valence-corrected chi connectivity index (χ4v) is 2.49. The molecule has 3 rings (SSSR count). The Bertz CT molecular complexity index is 804. The van der Waals surface area contributed by atoms with Crippen LogP contribution in [0, 0.1) is 4.77 Å². The van der Waals surface area contributed by atoms with Gasteiger partial charge in [-0.1, -0.05) is 24.3 Å². The fourth-order valence-electron chi connectivity index (χ4n) is 2.22. The maximum atomic E-state index is 10.2. The molecule has 0 fully saturated rings. The van der Waals surface area contributed by atoms with Crippen LogP contribution in [-0.4, -0.2) is 19.9 Å². The third-order valence-corrected chi connectivity index (χ3v) is 3.49. The first-order valence-corrected chi connectivity index (χ1v) is 6.49. The molecule has 5 heteroatoms. The van der Waals surface area contributed by atoms with Gasteiger partial charge in [-0.3, -0.25) is 5.10 Å². The molecule has 2 aromatic carbocycles. The molecule has 1 heterocycles. The predicted molar refractivity (Wildman–Crippen MR) is 77.7 cm³/mol. The summed E-state index contributed by atoms with van der Waals surface area (Å²) in [6.45, 7) is 2.70. The summed E-state index contributed by atoms with van der Waals surface area (Å²) in [7, 11) is 0. The number of phenolic OH excluding ortho intramolecular Hbond substituents is 1. The van der Waals surface area contributed by atoms with Crippen molar-refractivity contribution >= 4 is 23.0 Å². The van der Waals surface area contributed by atoms with Crippen LogP contribution in [0.4, 0.5) is 0 Å². The van der Waals surface area contributed by atoms with Crippen LogP contribution >= 0.6 is 12.2 Å². The van der Waals surface area contributed by atoms with Gasteiger partial charge in [-0.2, -0.15) is 5.10 Å². The molecule has 96 valence electrons. The second-order valence-corrected chi connectivity index (χ2v) is 4.70.